The van der Waals surface area contributed by atoms with E-state index in [9.17, 15) is 14.4 Å². The number of carboxylic acids is 1. The van der Waals surface area contributed by atoms with Gasteiger partial charge >= 0.3 is 5.97 Å². The van der Waals surface area contributed by atoms with Crippen LogP contribution < -0.4 is 11.1 Å². The molecular formula is C9H13N5O4. The number of aromatic nitrogens is 3. The Morgan fingerprint density at radius 1 is 1.44 bits per heavy atom. The minimum absolute atomic E-state index is 0.0234. The Hall–Kier alpha value is -2.45. The van der Waals surface area contributed by atoms with Gasteiger partial charge < -0.3 is 16.2 Å². The molecule has 1 heterocycles. The normalized spacial score (nSPS) is 10.0. The zero-order chi connectivity index (χ0) is 13.5. The summed E-state index contributed by atoms with van der Waals surface area (Å²) in [5.74, 6) is -1.99. The van der Waals surface area contributed by atoms with Crippen LogP contribution in [0.1, 0.15) is 23.3 Å². The maximum absolute atomic E-state index is 11.5. The van der Waals surface area contributed by atoms with Crippen molar-refractivity contribution in [2.24, 2.45) is 5.73 Å². The van der Waals surface area contributed by atoms with E-state index in [1.165, 1.54) is 6.20 Å². The van der Waals surface area contributed by atoms with E-state index in [0.717, 1.165) is 4.68 Å². The molecule has 0 radical (unpaired) electrons. The SMILES string of the molecule is NC(=O)CCCNC(=O)c1cn(CC(=O)O)nn1. The smallest absolute Gasteiger partial charge is 0.325 e. The number of hydrogen-bond donors (Lipinski definition) is 3. The van der Waals surface area contributed by atoms with Crippen molar-refractivity contribution in [3.63, 3.8) is 0 Å². The molecule has 1 aromatic rings. The summed E-state index contributed by atoms with van der Waals surface area (Å²) < 4.78 is 1.04. The average Bonchev–Trinajstić information content (AvgIpc) is 2.71. The molecule has 0 saturated heterocycles. The third-order valence-electron chi connectivity index (χ3n) is 1.95. The predicted molar refractivity (Wildman–Crippen MR) is 58.4 cm³/mol. The summed E-state index contributed by atoms with van der Waals surface area (Å²) in [5, 5.41) is 18.0. The second kappa shape index (κ2) is 6.33. The first-order valence-corrected chi connectivity index (χ1v) is 5.17. The van der Waals surface area contributed by atoms with Crippen LogP contribution in [0.25, 0.3) is 0 Å². The van der Waals surface area contributed by atoms with E-state index < -0.39 is 17.8 Å². The minimum atomic E-state index is -1.08. The van der Waals surface area contributed by atoms with Gasteiger partial charge in [-0.15, -0.1) is 5.10 Å². The van der Waals surface area contributed by atoms with Crippen LogP contribution in [0.3, 0.4) is 0 Å². The molecule has 0 saturated carbocycles. The van der Waals surface area contributed by atoms with Gasteiger partial charge in [0.2, 0.25) is 5.91 Å². The van der Waals surface area contributed by atoms with Gasteiger partial charge in [-0.2, -0.15) is 0 Å². The van der Waals surface area contributed by atoms with Crippen molar-refractivity contribution < 1.29 is 19.5 Å². The molecule has 0 bridgehead atoms. The Balaban J connectivity index is 2.39. The van der Waals surface area contributed by atoms with Crippen LogP contribution in [0.4, 0.5) is 0 Å². The summed E-state index contributed by atoms with van der Waals surface area (Å²) in [4.78, 5) is 32.3. The lowest BCUT2D eigenvalue weighted by atomic mass is 10.3. The Bertz CT molecular complexity index is 456. The highest BCUT2D eigenvalue weighted by atomic mass is 16.4. The average molecular weight is 255 g/mol. The van der Waals surface area contributed by atoms with Crippen LogP contribution in [0.15, 0.2) is 6.20 Å². The number of rotatable bonds is 7. The highest BCUT2D eigenvalue weighted by Gasteiger charge is 2.11. The van der Waals surface area contributed by atoms with Crippen LogP contribution in [0, 0.1) is 0 Å². The summed E-state index contributed by atoms with van der Waals surface area (Å²) in [5.41, 5.74) is 4.96. The summed E-state index contributed by atoms with van der Waals surface area (Å²) in [6.45, 7) is -0.0739. The molecule has 0 aliphatic rings. The zero-order valence-corrected chi connectivity index (χ0v) is 9.50. The Morgan fingerprint density at radius 3 is 2.78 bits per heavy atom. The van der Waals surface area contributed by atoms with E-state index in [0.29, 0.717) is 6.42 Å². The van der Waals surface area contributed by atoms with E-state index in [4.69, 9.17) is 10.8 Å². The number of carbonyl (C=O) groups excluding carboxylic acids is 2. The third kappa shape index (κ3) is 4.60. The van der Waals surface area contributed by atoms with E-state index in [1.807, 2.05) is 0 Å². The molecule has 0 spiro atoms. The van der Waals surface area contributed by atoms with Crippen LogP contribution in [-0.4, -0.2) is 44.4 Å². The van der Waals surface area contributed by atoms with Gasteiger partial charge in [-0.05, 0) is 6.42 Å². The van der Waals surface area contributed by atoms with Gasteiger partial charge in [0.1, 0.15) is 6.54 Å². The Labute approximate surface area is 102 Å². The standard InChI is InChI=1S/C9H13N5O4/c10-7(15)2-1-3-11-9(18)6-4-14(13-12-6)5-8(16)17/h4H,1-3,5H2,(H2,10,15)(H,11,18)(H,16,17). The minimum Gasteiger partial charge on any atom is -0.480 e. The number of nitrogens with zero attached hydrogens (tertiary/aromatic N) is 3. The molecule has 9 heteroatoms. The molecular weight excluding hydrogens is 242 g/mol. The van der Waals surface area contributed by atoms with Gasteiger partial charge in [0.25, 0.3) is 5.91 Å². The molecule has 0 fully saturated rings. The van der Waals surface area contributed by atoms with Gasteiger partial charge in [0.05, 0.1) is 6.20 Å². The second-order valence-corrected chi connectivity index (χ2v) is 3.52. The molecule has 2 amide bonds. The summed E-state index contributed by atoms with van der Waals surface area (Å²) in [7, 11) is 0. The number of hydrogen-bond acceptors (Lipinski definition) is 5. The van der Waals surface area contributed by atoms with Gasteiger partial charge in [0, 0.05) is 13.0 Å². The first-order chi connectivity index (χ1) is 8.49. The quantitative estimate of drug-likeness (QED) is 0.499. The zero-order valence-electron chi connectivity index (χ0n) is 9.50. The first kappa shape index (κ1) is 13.6. The van der Waals surface area contributed by atoms with E-state index >= 15 is 0 Å². The van der Waals surface area contributed by atoms with Gasteiger partial charge in [-0.1, -0.05) is 5.21 Å². The van der Waals surface area contributed by atoms with Crippen molar-refractivity contribution in [3.05, 3.63) is 11.9 Å². The number of carbonyl (C=O) groups is 3. The number of nitrogens with two attached hydrogens (primary N) is 1. The Morgan fingerprint density at radius 2 is 2.17 bits per heavy atom. The second-order valence-electron chi connectivity index (χ2n) is 3.52. The molecule has 1 aromatic heterocycles. The monoisotopic (exact) mass is 255 g/mol. The summed E-state index contributed by atoms with van der Waals surface area (Å²) >= 11 is 0. The van der Waals surface area contributed by atoms with Crippen molar-refractivity contribution in [2.75, 3.05) is 6.54 Å². The van der Waals surface area contributed by atoms with Crippen molar-refractivity contribution in [1.82, 2.24) is 20.3 Å². The van der Waals surface area contributed by atoms with Gasteiger partial charge in [0.15, 0.2) is 5.69 Å². The van der Waals surface area contributed by atoms with E-state index in [1.54, 1.807) is 0 Å². The molecule has 0 atom stereocenters. The summed E-state index contributed by atoms with van der Waals surface area (Å²) in [6, 6.07) is 0. The van der Waals surface area contributed by atoms with E-state index in [-0.39, 0.29) is 25.2 Å². The summed E-state index contributed by atoms with van der Waals surface area (Å²) in [6.07, 6.45) is 1.86. The molecule has 4 N–H and O–H groups in total. The number of amides is 2. The van der Waals surface area contributed by atoms with Crippen LogP contribution in [0.2, 0.25) is 0 Å². The molecule has 18 heavy (non-hydrogen) atoms. The molecule has 1 rings (SSSR count). The van der Waals surface area contributed by atoms with E-state index in [2.05, 4.69) is 15.6 Å². The predicted octanol–water partition coefficient (Wildman–Crippen LogP) is -1.64. The number of nitrogens with one attached hydrogen (secondary N) is 1. The number of carboxylic acid groups (broad SMARTS) is 1. The van der Waals surface area contributed by atoms with Crippen LogP contribution in [-0.2, 0) is 16.1 Å². The van der Waals surface area contributed by atoms with Crippen molar-refractivity contribution in [1.29, 1.82) is 0 Å². The molecule has 0 aliphatic heterocycles. The number of primary amides is 1. The lowest BCUT2D eigenvalue weighted by Gasteiger charge is -2.00. The largest absolute Gasteiger partial charge is 0.480 e. The topological polar surface area (TPSA) is 140 Å². The molecule has 98 valence electrons. The third-order valence-corrected chi connectivity index (χ3v) is 1.95. The van der Waals surface area contributed by atoms with Crippen LogP contribution >= 0.6 is 0 Å². The first-order valence-electron chi connectivity index (χ1n) is 5.17. The van der Waals surface area contributed by atoms with Gasteiger partial charge in [-0.25, -0.2) is 4.68 Å². The Kier molecular flexibility index (Phi) is 4.78. The molecule has 0 unspecified atom stereocenters. The molecule has 0 aromatic carbocycles. The lowest BCUT2D eigenvalue weighted by molar-refractivity contribution is -0.137. The number of aliphatic carboxylic acids is 1. The molecule has 9 nitrogen and oxygen atoms in total. The van der Waals surface area contributed by atoms with Gasteiger partial charge in [-0.3, -0.25) is 14.4 Å². The van der Waals surface area contributed by atoms with Crippen molar-refractivity contribution in [2.45, 2.75) is 19.4 Å². The lowest BCUT2D eigenvalue weighted by Crippen LogP contribution is -2.26. The highest BCUT2D eigenvalue weighted by molar-refractivity contribution is 5.91. The van der Waals surface area contributed by atoms with Crippen molar-refractivity contribution >= 4 is 17.8 Å². The van der Waals surface area contributed by atoms with Crippen LogP contribution in [0.5, 0.6) is 0 Å². The highest BCUT2D eigenvalue weighted by Crippen LogP contribution is 1.94. The maximum atomic E-state index is 11.5. The maximum Gasteiger partial charge on any atom is 0.325 e. The van der Waals surface area contributed by atoms with Crippen molar-refractivity contribution in [3.8, 4) is 0 Å². The fourth-order valence-electron chi connectivity index (χ4n) is 1.17. The molecule has 0 aliphatic carbocycles. The fraction of sp³-hybridized carbons (Fsp3) is 0.444. The fourth-order valence-corrected chi connectivity index (χ4v) is 1.17.